The predicted octanol–water partition coefficient (Wildman–Crippen LogP) is 2.34. The molecule has 2 aromatic carbocycles. The number of hydrogen-bond donors (Lipinski definition) is 1. The van der Waals surface area contributed by atoms with E-state index in [0.717, 1.165) is 41.0 Å². The number of esters is 1. The SMILES string of the molecule is O=C(CN1C(=O)N[C@@]2(CCCc3ccccc32)C1=O)OCC(=O)c1ccc(F)cc1. The second kappa shape index (κ2) is 7.70. The van der Waals surface area contributed by atoms with Gasteiger partial charge in [0.1, 0.15) is 17.9 Å². The molecule has 1 saturated heterocycles. The molecule has 1 N–H and O–H groups in total. The summed E-state index contributed by atoms with van der Waals surface area (Å²) >= 11 is 0. The van der Waals surface area contributed by atoms with Crippen molar-refractivity contribution in [3.63, 3.8) is 0 Å². The molecule has 3 amide bonds. The zero-order chi connectivity index (χ0) is 21.3. The first-order valence-electron chi connectivity index (χ1n) is 9.57. The maximum Gasteiger partial charge on any atom is 0.326 e. The van der Waals surface area contributed by atoms with Gasteiger partial charge in [-0.2, -0.15) is 0 Å². The molecule has 30 heavy (non-hydrogen) atoms. The van der Waals surface area contributed by atoms with Crippen molar-refractivity contribution < 1.29 is 28.3 Å². The third kappa shape index (κ3) is 3.45. The molecule has 0 saturated carbocycles. The average molecular weight is 410 g/mol. The number of hydrogen-bond acceptors (Lipinski definition) is 5. The quantitative estimate of drug-likeness (QED) is 0.464. The summed E-state index contributed by atoms with van der Waals surface area (Å²) in [4.78, 5) is 50.7. The lowest BCUT2D eigenvalue weighted by Crippen LogP contribution is -2.46. The standard InChI is InChI=1S/C22H19FN2O5/c23-16-9-7-15(8-10-16)18(26)13-30-19(27)12-25-20(28)22(24-21(25)29)11-3-5-14-4-1-2-6-17(14)22/h1-2,4,6-10H,3,5,11-13H2,(H,24,29)/t22-/m1/s1. The summed E-state index contributed by atoms with van der Waals surface area (Å²) in [5, 5.41) is 2.75. The van der Waals surface area contributed by atoms with E-state index in [2.05, 4.69) is 5.32 Å². The number of fused-ring (bicyclic) bond motifs is 2. The first kappa shape index (κ1) is 19.8. The molecular weight excluding hydrogens is 391 g/mol. The molecule has 1 atom stereocenters. The number of amides is 3. The van der Waals surface area contributed by atoms with E-state index in [1.165, 1.54) is 12.1 Å². The Morgan fingerprint density at radius 1 is 1.10 bits per heavy atom. The highest BCUT2D eigenvalue weighted by atomic mass is 19.1. The van der Waals surface area contributed by atoms with E-state index in [-0.39, 0.29) is 5.56 Å². The number of carbonyl (C=O) groups excluding carboxylic acids is 4. The van der Waals surface area contributed by atoms with Crippen LogP contribution in [0.5, 0.6) is 0 Å². The van der Waals surface area contributed by atoms with Crippen LogP contribution in [0, 0.1) is 5.82 Å². The van der Waals surface area contributed by atoms with Crippen LogP contribution in [0.15, 0.2) is 48.5 Å². The first-order chi connectivity index (χ1) is 14.4. The number of nitrogens with zero attached hydrogens (tertiary/aromatic N) is 1. The molecule has 0 unspecified atom stereocenters. The lowest BCUT2D eigenvalue weighted by atomic mass is 9.76. The van der Waals surface area contributed by atoms with Gasteiger partial charge < -0.3 is 10.1 Å². The lowest BCUT2D eigenvalue weighted by Gasteiger charge is -2.33. The summed E-state index contributed by atoms with van der Waals surface area (Å²) in [6, 6.07) is 11.6. The number of ether oxygens (including phenoxy) is 1. The number of halogens is 1. The number of benzene rings is 2. The van der Waals surface area contributed by atoms with E-state index in [9.17, 15) is 23.6 Å². The van der Waals surface area contributed by atoms with E-state index in [1.807, 2.05) is 24.3 Å². The number of ketones is 1. The van der Waals surface area contributed by atoms with Gasteiger partial charge in [0.25, 0.3) is 5.91 Å². The highest BCUT2D eigenvalue weighted by Gasteiger charge is 2.54. The Kier molecular flexibility index (Phi) is 5.07. The zero-order valence-electron chi connectivity index (χ0n) is 16.0. The number of rotatable bonds is 5. The highest BCUT2D eigenvalue weighted by molar-refractivity contribution is 6.09. The fraction of sp³-hybridized carbons (Fsp3) is 0.273. The van der Waals surface area contributed by atoms with E-state index >= 15 is 0 Å². The molecule has 8 heteroatoms. The van der Waals surface area contributed by atoms with Crippen LogP contribution in [0.25, 0.3) is 0 Å². The smallest absolute Gasteiger partial charge is 0.326 e. The van der Waals surface area contributed by atoms with Crippen molar-refractivity contribution in [3.05, 3.63) is 71.0 Å². The summed E-state index contributed by atoms with van der Waals surface area (Å²) in [5.74, 6) is -2.38. The van der Waals surface area contributed by atoms with Crippen molar-refractivity contribution >= 4 is 23.7 Å². The van der Waals surface area contributed by atoms with Gasteiger partial charge in [0.15, 0.2) is 12.4 Å². The van der Waals surface area contributed by atoms with Crippen molar-refractivity contribution in [2.24, 2.45) is 0 Å². The van der Waals surface area contributed by atoms with Gasteiger partial charge in [-0.3, -0.25) is 19.3 Å². The van der Waals surface area contributed by atoms with Crippen LogP contribution in [0.1, 0.15) is 34.3 Å². The number of urea groups is 1. The van der Waals surface area contributed by atoms with Gasteiger partial charge in [0.2, 0.25) is 0 Å². The molecular formula is C22H19FN2O5. The monoisotopic (exact) mass is 410 g/mol. The number of nitrogens with one attached hydrogen (secondary N) is 1. The molecule has 0 radical (unpaired) electrons. The topological polar surface area (TPSA) is 92.8 Å². The minimum absolute atomic E-state index is 0.192. The van der Waals surface area contributed by atoms with Crippen LogP contribution < -0.4 is 5.32 Å². The Balaban J connectivity index is 1.42. The predicted molar refractivity (Wildman–Crippen MR) is 103 cm³/mol. The van der Waals surface area contributed by atoms with Gasteiger partial charge in [-0.1, -0.05) is 24.3 Å². The van der Waals surface area contributed by atoms with Crippen molar-refractivity contribution in [2.75, 3.05) is 13.2 Å². The highest BCUT2D eigenvalue weighted by Crippen LogP contribution is 2.39. The van der Waals surface area contributed by atoms with Gasteiger partial charge in [-0.15, -0.1) is 0 Å². The Bertz CT molecular complexity index is 1040. The molecule has 1 heterocycles. The molecule has 1 fully saturated rings. The molecule has 0 bridgehead atoms. The van der Waals surface area contributed by atoms with Crippen LogP contribution in [-0.2, 0) is 26.3 Å². The summed E-state index contributed by atoms with van der Waals surface area (Å²) < 4.78 is 17.9. The first-order valence-corrected chi connectivity index (χ1v) is 9.57. The summed E-state index contributed by atoms with van der Waals surface area (Å²) in [5.41, 5.74) is 0.761. The summed E-state index contributed by atoms with van der Waals surface area (Å²) in [7, 11) is 0. The fourth-order valence-electron chi connectivity index (χ4n) is 3.99. The van der Waals surface area contributed by atoms with Crippen molar-refractivity contribution in [1.82, 2.24) is 10.2 Å². The minimum atomic E-state index is -1.17. The van der Waals surface area contributed by atoms with E-state index < -0.39 is 48.2 Å². The third-order valence-corrected chi connectivity index (χ3v) is 5.47. The third-order valence-electron chi connectivity index (χ3n) is 5.47. The molecule has 1 spiro atoms. The summed E-state index contributed by atoms with van der Waals surface area (Å²) in [6.45, 7) is -1.16. The van der Waals surface area contributed by atoms with E-state index in [1.54, 1.807) is 0 Å². The Morgan fingerprint density at radius 2 is 1.83 bits per heavy atom. The van der Waals surface area contributed by atoms with Crippen LogP contribution in [-0.4, -0.2) is 41.7 Å². The Hall–Kier alpha value is -3.55. The molecule has 1 aliphatic heterocycles. The number of imide groups is 1. The Labute approximate surface area is 171 Å². The number of aryl methyl sites for hydroxylation is 1. The average Bonchev–Trinajstić information content (AvgIpc) is 2.97. The van der Waals surface area contributed by atoms with Crippen molar-refractivity contribution in [1.29, 1.82) is 0 Å². The van der Waals surface area contributed by atoms with Crippen LogP contribution in [0.2, 0.25) is 0 Å². The maximum absolute atomic E-state index is 13.1. The normalized spacial score (nSPS) is 20.1. The molecule has 2 aliphatic rings. The fourth-order valence-corrected chi connectivity index (χ4v) is 3.99. The van der Waals surface area contributed by atoms with E-state index in [0.29, 0.717) is 6.42 Å². The molecule has 7 nitrogen and oxygen atoms in total. The van der Waals surface area contributed by atoms with Crippen molar-refractivity contribution in [3.8, 4) is 0 Å². The van der Waals surface area contributed by atoms with Gasteiger partial charge in [0, 0.05) is 5.56 Å². The van der Waals surface area contributed by atoms with Crippen LogP contribution in [0.3, 0.4) is 0 Å². The van der Waals surface area contributed by atoms with Crippen LogP contribution >= 0.6 is 0 Å². The van der Waals surface area contributed by atoms with Crippen molar-refractivity contribution in [2.45, 2.75) is 24.8 Å². The molecule has 2 aromatic rings. The molecule has 1 aliphatic carbocycles. The largest absolute Gasteiger partial charge is 0.456 e. The van der Waals surface area contributed by atoms with E-state index in [4.69, 9.17) is 4.74 Å². The number of Topliss-reactive ketones (excluding diaryl/α,β-unsaturated/α-hetero) is 1. The number of carbonyl (C=O) groups is 4. The summed E-state index contributed by atoms with van der Waals surface area (Å²) in [6.07, 6.45) is 1.99. The minimum Gasteiger partial charge on any atom is -0.456 e. The zero-order valence-corrected chi connectivity index (χ0v) is 16.0. The maximum atomic E-state index is 13.1. The second-order valence-electron chi connectivity index (χ2n) is 7.33. The molecule has 4 rings (SSSR count). The molecule has 154 valence electrons. The van der Waals surface area contributed by atoms with Crippen LogP contribution in [0.4, 0.5) is 9.18 Å². The Morgan fingerprint density at radius 3 is 2.60 bits per heavy atom. The molecule has 0 aromatic heterocycles. The lowest BCUT2D eigenvalue weighted by molar-refractivity contribution is -0.147. The van der Waals surface area contributed by atoms with Gasteiger partial charge >= 0.3 is 12.0 Å². The van der Waals surface area contributed by atoms with Gasteiger partial charge in [-0.25, -0.2) is 9.18 Å². The van der Waals surface area contributed by atoms with Gasteiger partial charge in [-0.05, 0) is 54.7 Å². The van der Waals surface area contributed by atoms with Gasteiger partial charge in [0.05, 0.1) is 0 Å². The second-order valence-corrected chi connectivity index (χ2v) is 7.33.